The quantitative estimate of drug-likeness (QED) is 0.419. The lowest BCUT2D eigenvalue weighted by Gasteiger charge is -2.52. The van der Waals surface area contributed by atoms with Crippen molar-refractivity contribution in [3.63, 3.8) is 0 Å². The van der Waals surface area contributed by atoms with Gasteiger partial charge in [-0.1, -0.05) is 38.0 Å². The lowest BCUT2D eigenvalue weighted by molar-refractivity contribution is -0.225. The molecular formula is C24H27NO6. The van der Waals surface area contributed by atoms with Crippen molar-refractivity contribution in [1.29, 1.82) is 0 Å². The molecule has 7 heteroatoms. The molecule has 6 atom stereocenters. The van der Waals surface area contributed by atoms with Crippen LogP contribution in [0.3, 0.4) is 0 Å². The normalized spacial score (nSPS) is 38.8. The lowest BCUT2D eigenvalue weighted by Crippen LogP contribution is -2.64. The first kappa shape index (κ1) is 20.4. The van der Waals surface area contributed by atoms with E-state index in [9.17, 15) is 19.2 Å². The van der Waals surface area contributed by atoms with Crippen LogP contribution in [-0.2, 0) is 28.7 Å². The second-order valence-electron chi connectivity index (χ2n) is 9.07. The van der Waals surface area contributed by atoms with Gasteiger partial charge in [-0.3, -0.25) is 14.4 Å². The summed E-state index contributed by atoms with van der Waals surface area (Å²) in [6, 6.07) is 8.70. The zero-order valence-corrected chi connectivity index (χ0v) is 17.8. The maximum absolute atomic E-state index is 13.8. The molecule has 4 fully saturated rings. The van der Waals surface area contributed by atoms with Crippen LogP contribution in [0.4, 0.5) is 5.69 Å². The highest BCUT2D eigenvalue weighted by Crippen LogP contribution is 2.65. The predicted molar refractivity (Wildman–Crippen MR) is 110 cm³/mol. The molecule has 3 aliphatic heterocycles. The van der Waals surface area contributed by atoms with Gasteiger partial charge < -0.3 is 9.47 Å². The number of Topliss-reactive ketones (excluding diaryl/α,β-unsaturated/α-hetero) is 1. The Labute approximate surface area is 181 Å². The second kappa shape index (κ2) is 6.99. The first-order valence-corrected chi connectivity index (χ1v) is 11.3. The van der Waals surface area contributed by atoms with E-state index >= 15 is 0 Å². The molecule has 0 radical (unpaired) electrons. The van der Waals surface area contributed by atoms with E-state index in [1.54, 1.807) is 37.3 Å². The minimum absolute atomic E-state index is 0.00405. The Morgan fingerprint density at radius 2 is 1.81 bits per heavy atom. The van der Waals surface area contributed by atoms with E-state index in [2.05, 4.69) is 0 Å². The number of hydrogen-bond donors (Lipinski definition) is 0. The van der Waals surface area contributed by atoms with Crippen LogP contribution in [0.1, 0.15) is 46.0 Å². The van der Waals surface area contributed by atoms with Crippen molar-refractivity contribution in [2.75, 3.05) is 11.5 Å². The monoisotopic (exact) mass is 425 g/mol. The first-order chi connectivity index (χ1) is 14.9. The number of nitrogens with zero attached hydrogens (tertiary/aromatic N) is 1. The number of carbonyl (C=O) groups excluding carboxylic acids is 4. The first-order valence-electron chi connectivity index (χ1n) is 11.3. The van der Waals surface area contributed by atoms with E-state index in [-0.39, 0.29) is 30.8 Å². The molecule has 0 N–H and O–H groups in total. The van der Waals surface area contributed by atoms with Gasteiger partial charge >= 0.3 is 5.97 Å². The number of fused-ring (bicyclic) bond motifs is 3. The number of ketones is 1. The number of anilines is 1. The van der Waals surface area contributed by atoms with Crippen molar-refractivity contribution in [1.82, 2.24) is 0 Å². The third-order valence-corrected chi connectivity index (χ3v) is 7.88. The van der Waals surface area contributed by atoms with Crippen LogP contribution in [0.25, 0.3) is 0 Å². The van der Waals surface area contributed by atoms with Gasteiger partial charge in [0, 0.05) is 6.42 Å². The van der Waals surface area contributed by atoms with Crippen molar-refractivity contribution >= 4 is 29.3 Å². The van der Waals surface area contributed by atoms with E-state index < -0.39 is 40.7 Å². The molecule has 164 valence electrons. The van der Waals surface area contributed by atoms with Gasteiger partial charge in [-0.15, -0.1) is 0 Å². The third kappa shape index (κ3) is 2.38. The molecule has 0 aromatic heterocycles. The molecule has 4 aliphatic rings. The number of carbonyl (C=O) groups is 4. The molecular weight excluding hydrogens is 398 g/mol. The number of benzene rings is 1. The minimum Gasteiger partial charge on any atom is -0.463 e. The number of hydrogen-bond acceptors (Lipinski definition) is 6. The van der Waals surface area contributed by atoms with Gasteiger partial charge in [0.15, 0.2) is 5.78 Å². The average molecular weight is 425 g/mol. The van der Waals surface area contributed by atoms with E-state index in [0.29, 0.717) is 5.69 Å². The largest absolute Gasteiger partial charge is 0.463 e. The van der Waals surface area contributed by atoms with Gasteiger partial charge in [0.2, 0.25) is 17.4 Å². The third-order valence-electron chi connectivity index (χ3n) is 7.88. The molecule has 1 aliphatic carbocycles. The Hall–Kier alpha value is -2.54. The molecule has 2 bridgehead atoms. The van der Waals surface area contributed by atoms with Crippen LogP contribution >= 0.6 is 0 Å². The average Bonchev–Trinajstić information content (AvgIpc) is 3.20. The highest BCUT2D eigenvalue weighted by Gasteiger charge is 2.82. The smallest absolute Gasteiger partial charge is 0.347 e. The number of imide groups is 1. The maximum Gasteiger partial charge on any atom is 0.347 e. The van der Waals surface area contributed by atoms with Crippen molar-refractivity contribution < 1.29 is 28.7 Å². The Morgan fingerprint density at radius 1 is 1.10 bits per heavy atom. The van der Waals surface area contributed by atoms with E-state index in [1.807, 2.05) is 6.92 Å². The highest BCUT2D eigenvalue weighted by atomic mass is 16.6. The summed E-state index contributed by atoms with van der Waals surface area (Å²) < 4.78 is 11.8. The van der Waals surface area contributed by atoms with Crippen LogP contribution in [0.2, 0.25) is 0 Å². The molecule has 31 heavy (non-hydrogen) atoms. The van der Waals surface area contributed by atoms with E-state index in [4.69, 9.17) is 9.47 Å². The van der Waals surface area contributed by atoms with Gasteiger partial charge in [0.05, 0.1) is 23.8 Å². The van der Waals surface area contributed by atoms with E-state index in [1.165, 1.54) is 0 Å². The summed E-state index contributed by atoms with van der Waals surface area (Å²) in [5.74, 6) is -4.38. The molecule has 7 nitrogen and oxygen atoms in total. The van der Waals surface area contributed by atoms with Gasteiger partial charge in [-0.2, -0.15) is 0 Å². The van der Waals surface area contributed by atoms with Crippen LogP contribution in [-0.4, -0.2) is 41.4 Å². The van der Waals surface area contributed by atoms with E-state index in [0.717, 1.165) is 30.6 Å². The van der Waals surface area contributed by atoms with Crippen molar-refractivity contribution in [2.45, 2.75) is 57.2 Å². The van der Waals surface area contributed by atoms with Crippen molar-refractivity contribution in [3.8, 4) is 0 Å². The Kier molecular flexibility index (Phi) is 4.59. The Morgan fingerprint density at radius 3 is 2.48 bits per heavy atom. The number of rotatable bonds is 4. The molecule has 1 aromatic carbocycles. The summed E-state index contributed by atoms with van der Waals surface area (Å²) in [5.41, 5.74) is -2.57. The number of ether oxygens (including phenoxy) is 2. The fraction of sp³-hybridized carbons (Fsp3) is 0.583. The standard InChI is InChI=1S/C24H27NO6/c1-3-14-9-8-10-15-13-17(26)24(22(29)30-4-2)19-18(23(14,15)31-24)20(27)25(21(19)28)16-11-6-5-7-12-16/h5-7,11-12,14-15,18-19H,3-4,8-10,13H2,1-2H3/t14?,15-,18-,19+,23-,24+/m1/s1. The van der Waals surface area contributed by atoms with Gasteiger partial charge in [-0.05, 0) is 43.7 Å². The van der Waals surface area contributed by atoms with Crippen LogP contribution in [0, 0.1) is 23.7 Å². The maximum atomic E-state index is 13.8. The zero-order valence-electron chi connectivity index (χ0n) is 17.8. The molecule has 5 rings (SSSR count). The predicted octanol–water partition coefficient (Wildman–Crippen LogP) is 2.66. The molecule has 1 saturated carbocycles. The molecule has 1 spiro atoms. The Balaban J connectivity index is 1.73. The van der Waals surface area contributed by atoms with Crippen molar-refractivity contribution in [2.24, 2.45) is 23.7 Å². The summed E-state index contributed by atoms with van der Waals surface area (Å²) >= 11 is 0. The second-order valence-corrected chi connectivity index (χ2v) is 9.07. The fourth-order valence-corrected chi connectivity index (χ4v) is 6.75. The van der Waals surface area contributed by atoms with Gasteiger partial charge in [0.1, 0.15) is 5.92 Å². The molecule has 3 saturated heterocycles. The number of amides is 2. The van der Waals surface area contributed by atoms with Crippen LogP contribution in [0.5, 0.6) is 0 Å². The summed E-state index contributed by atoms with van der Waals surface area (Å²) in [7, 11) is 0. The number of esters is 1. The summed E-state index contributed by atoms with van der Waals surface area (Å²) in [5, 5.41) is 0. The van der Waals surface area contributed by atoms with Crippen LogP contribution in [0.15, 0.2) is 30.3 Å². The lowest BCUT2D eigenvalue weighted by atomic mass is 9.60. The van der Waals surface area contributed by atoms with Gasteiger partial charge in [-0.25, -0.2) is 9.69 Å². The summed E-state index contributed by atoms with van der Waals surface area (Å²) in [4.78, 5) is 55.4. The molecule has 2 amide bonds. The molecule has 1 unspecified atom stereocenters. The summed E-state index contributed by atoms with van der Waals surface area (Å²) in [6.45, 7) is 3.75. The minimum atomic E-state index is -2.03. The topological polar surface area (TPSA) is 90.0 Å². The highest BCUT2D eigenvalue weighted by molar-refractivity contribution is 6.27. The summed E-state index contributed by atoms with van der Waals surface area (Å²) in [6.07, 6.45) is 3.43. The Bertz CT molecular complexity index is 960. The molecule has 3 heterocycles. The SMILES string of the molecule is CCOC(=O)[C@]12O[C@@]3(C(CC)CCC[C@@H]3CC1=O)[C@H]1C(=O)N(c3ccccc3)C(=O)[C@H]12. The molecule has 1 aromatic rings. The van der Waals surface area contributed by atoms with Crippen LogP contribution < -0.4 is 4.90 Å². The number of para-hydroxylation sites is 1. The zero-order chi connectivity index (χ0) is 22.0. The fourth-order valence-electron chi connectivity index (χ4n) is 6.75. The van der Waals surface area contributed by atoms with Crippen molar-refractivity contribution in [3.05, 3.63) is 30.3 Å². The van der Waals surface area contributed by atoms with Gasteiger partial charge in [0.25, 0.3) is 0 Å².